The molecule has 0 spiro atoms. The molecular formula is C20H32N2O3. The molecule has 2 amide bonds. The molecule has 4 bridgehead atoms. The van der Waals surface area contributed by atoms with Crippen molar-refractivity contribution in [3.8, 4) is 0 Å². The highest BCUT2D eigenvalue weighted by atomic mass is 16.5. The van der Waals surface area contributed by atoms with Gasteiger partial charge in [0.25, 0.3) is 0 Å². The summed E-state index contributed by atoms with van der Waals surface area (Å²) < 4.78 is 5.06. The highest BCUT2D eigenvalue weighted by Crippen LogP contribution is 2.61. The summed E-state index contributed by atoms with van der Waals surface area (Å²) in [7, 11) is 1.66. The van der Waals surface area contributed by atoms with E-state index in [1.165, 1.54) is 38.5 Å². The summed E-state index contributed by atoms with van der Waals surface area (Å²) in [5.74, 6) is 3.33. The minimum atomic E-state index is 0.192. The van der Waals surface area contributed by atoms with E-state index in [2.05, 4.69) is 5.32 Å². The van der Waals surface area contributed by atoms with E-state index in [1.54, 1.807) is 7.11 Å². The third kappa shape index (κ3) is 3.71. The van der Waals surface area contributed by atoms with Gasteiger partial charge in [0.1, 0.15) is 0 Å². The Morgan fingerprint density at radius 2 is 1.84 bits per heavy atom. The topological polar surface area (TPSA) is 58.6 Å². The van der Waals surface area contributed by atoms with Gasteiger partial charge in [-0.05, 0) is 61.7 Å². The molecule has 0 aromatic carbocycles. The maximum absolute atomic E-state index is 12.6. The second-order valence-electron chi connectivity index (χ2n) is 9.30. The summed E-state index contributed by atoms with van der Waals surface area (Å²) in [6.45, 7) is 2.63. The summed E-state index contributed by atoms with van der Waals surface area (Å²) in [5.41, 5.74) is 0.300. The maximum Gasteiger partial charge on any atom is 0.223 e. The molecule has 5 fully saturated rings. The maximum atomic E-state index is 12.6. The second-order valence-corrected chi connectivity index (χ2v) is 9.30. The van der Waals surface area contributed by atoms with Crippen LogP contribution in [0, 0.1) is 29.1 Å². The number of ether oxygens (including phenoxy) is 1. The van der Waals surface area contributed by atoms with Gasteiger partial charge in [-0.3, -0.25) is 9.59 Å². The molecule has 5 aliphatic rings. The van der Waals surface area contributed by atoms with Crippen molar-refractivity contribution in [3.63, 3.8) is 0 Å². The molecule has 1 atom stereocenters. The highest BCUT2D eigenvalue weighted by Gasteiger charge is 2.51. The number of nitrogens with zero attached hydrogens (tertiary/aromatic N) is 1. The van der Waals surface area contributed by atoms with Crippen LogP contribution in [-0.2, 0) is 14.3 Å². The lowest BCUT2D eigenvalue weighted by molar-refractivity contribution is -0.130. The monoisotopic (exact) mass is 348 g/mol. The van der Waals surface area contributed by atoms with Gasteiger partial charge < -0.3 is 15.0 Å². The molecule has 0 unspecified atom stereocenters. The summed E-state index contributed by atoms with van der Waals surface area (Å²) in [6.07, 6.45) is 9.36. The van der Waals surface area contributed by atoms with Crippen LogP contribution in [0.25, 0.3) is 0 Å². The zero-order valence-corrected chi connectivity index (χ0v) is 15.5. The third-order valence-corrected chi connectivity index (χ3v) is 7.15. The zero-order valence-electron chi connectivity index (χ0n) is 15.5. The van der Waals surface area contributed by atoms with Gasteiger partial charge in [0, 0.05) is 45.5 Å². The lowest BCUT2D eigenvalue weighted by Gasteiger charge is -2.56. The average molecular weight is 348 g/mol. The fourth-order valence-corrected chi connectivity index (χ4v) is 6.58. The van der Waals surface area contributed by atoms with Crippen LogP contribution in [0.4, 0.5) is 0 Å². The first-order valence-electron chi connectivity index (χ1n) is 10.1. The summed E-state index contributed by atoms with van der Waals surface area (Å²) in [5, 5.41) is 3.15. The molecule has 4 saturated carbocycles. The van der Waals surface area contributed by atoms with Crippen molar-refractivity contribution in [2.45, 2.75) is 51.4 Å². The Morgan fingerprint density at radius 3 is 2.44 bits per heavy atom. The number of hydrogen-bond acceptors (Lipinski definition) is 3. The van der Waals surface area contributed by atoms with Crippen molar-refractivity contribution in [2.24, 2.45) is 29.1 Å². The molecule has 4 aliphatic carbocycles. The van der Waals surface area contributed by atoms with Crippen LogP contribution < -0.4 is 5.32 Å². The standard InChI is InChI=1S/C20H32N2O3/c1-25-3-2-22-13-17(7-19(22)24)12-21-18(23)11-20-8-14-4-15(9-20)6-16(5-14)10-20/h14-17H,2-13H2,1H3,(H,21,23)/t14?,15?,16?,17-,20?/m1/s1. The van der Waals surface area contributed by atoms with Crippen LogP contribution in [-0.4, -0.2) is 50.1 Å². The Balaban J connectivity index is 1.24. The predicted molar refractivity (Wildman–Crippen MR) is 94.8 cm³/mol. The smallest absolute Gasteiger partial charge is 0.223 e. The number of amides is 2. The van der Waals surface area contributed by atoms with Crippen LogP contribution in [0.5, 0.6) is 0 Å². The molecule has 1 saturated heterocycles. The molecule has 140 valence electrons. The number of nitrogens with one attached hydrogen (secondary N) is 1. The van der Waals surface area contributed by atoms with Gasteiger partial charge in [0.2, 0.25) is 11.8 Å². The SMILES string of the molecule is COCCN1C[C@@H](CNC(=O)CC23CC4CC(CC(C4)C2)C3)CC1=O. The first kappa shape index (κ1) is 17.3. The number of hydrogen-bond donors (Lipinski definition) is 1. The van der Waals surface area contributed by atoms with Crippen molar-refractivity contribution in [1.82, 2.24) is 10.2 Å². The largest absolute Gasteiger partial charge is 0.383 e. The first-order valence-corrected chi connectivity index (χ1v) is 10.1. The van der Waals surface area contributed by atoms with Gasteiger partial charge in [-0.2, -0.15) is 0 Å². The normalized spacial score (nSPS) is 39.2. The van der Waals surface area contributed by atoms with Crippen molar-refractivity contribution >= 4 is 11.8 Å². The molecule has 5 heteroatoms. The molecule has 0 aromatic rings. The Morgan fingerprint density at radius 1 is 1.20 bits per heavy atom. The van der Waals surface area contributed by atoms with E-state index in [0.717, 1.165) is 24.3 Å². The van der Waals surface area contributed by atoms with Crippen LogP contribution in [0.15, 0.2) is 0 Å². The van der Waals surface area contributed by atoms with Gasteiger partial charge in [-0.25, -0.2) is 0 Å². The molecule has 1 heterocycles. The Bertz CT molecular complexity index is 498. The predicted octanol–water partition coefficient (Wildman–Crippen LogP) is 2.20. The fraction of sp³-hybridized carbons (Fsp3) is 0.900. The summed E-state index contributed by atoms with van der Waals surface area (Å²) in [4.78, 5) is 26.4. The van der Waals surface area contributed by atoms with E-state index in [0.29, 0.717) is 38.0 Å². The Kier molecular flexibility index (Phi) is 4.78. The lowest BCUT2D eigenvalue weighted by Crippen LogP contribution is -2.48. The van der Waals surface area contributed by atoms with Crippen LogP contribution in [0.3, 0.4) is 0 Å². The molecule has 0 radical (unpaired) electrons. The minimum absolute atomic E-state index is 0.192. The van der Waals surface area contributed by atoms with E-state index in [-0.39, 0.29) is 17.7 Å². The van der Waals surface area contributed by atoms with Gasteiger partial charge >= 0.3 is 0 Å². The zero-order chi connectivity index (χ0) is 17.4. The molecule has 0 aromatic heterocycles. The second kappa shape index (κ2) is 6.90. The van der Waals surface area contributed by atoms with Crippen molar-refractivity contribution in [3.05, 3.63) is 0 Å². The van der Waals surface area contributed by atoms with E-state index in [9.17, 15) is 9.59 Å². The molecule has 1 aliphatic heterocycles. The third-order valence-electron chi connectivity index (χ3n) is 7.15. The quantitative estimate of drug-likeness (QED) is 0.767. The van der Waals surface area contributed by atoms with Crippen LogP contribution in [0.1, 0.15) is 51.4 Å². The van der Waals surface area contributed by atoms with Crippen molar-refractivity contribution in [2.75, 3.05) is 33.4 Å². The molecule has 1 N–H and O–H groups in total. The molecular weight excluding hydrogens is 316 g/mol. The number of rotatable bonds is 7. The van der Waals surface area contributed by atoms with Gasteiger partial charge in [-0.15, -0.1) is 0 Å². The van der Waals surface area contributed by atoms with E-state index in [4.69, 9.17) is 4.74 Å². The first-order chi connectivity index (χ1) is 12.0. The fourth-order valence-electron chi connectivity index (χ4n) is 6.58. The van der Waals surface area contributed by atoms with Gasteiger partial charge in [0.05, 0.1) is 6.61 Å². The lowest BCUT2D eigenvalue weighted by atomic mass is 9.49. The highest BCUT2D eigenvalue weighted by molar-refractivity contribution is 5.79. The van der Waals surface area contributed by atoms with Crippen molar-refractivity contribution < 1.29 is 14.3 Å². The minimum Gasteiger partial charge on any atom is -0.383 e. The van der Waals surface area contributed by atoms with E-state index < -0.39 is 0 Å². The van der Waals surface area contributed by atoms with Gasteiger partial charge in [0.15, 0.2) is 0 Å². The van der Waals surface area contributed by atoms with Crippen LogP contribution >= 0.6 is 0 Å². The van der Waals surface area contributed by atoms with Crippen molar-refractivity contribution in [1.29, 1.82) is 0 Å². The Hall–Kier alpha value is -1.10. The average Bonchev–Trinajstić information content (AvgIpc) is 2.89. The molecule has 5 nitrogen and oxygen atoms in total. The number of likely N-dealkylation sites (tertiary alicyclic amines) is 1. The number of carbonyl (C=O) groups excluding carboxylic acids is 2. The summed E-state index contributed by atoms with van der Waals surface area (Å²) in [6, 6.07) is 0. The Labute approximate surface area is 150 Å². The molecule has 5 rings (SSSR count). The number of carbonyl (C=O) groups is 2. The van der Waals surface area contributed by atoms with E-state index >= 15 is 0 Å². The van der Waals surface area contributed by atoms with E-state index in [1.807, 2.05) is 4.90 Å². The number of methoxy groups -OCH3 is 1. The van der Waals surface area contributed by atoms with Gasteiger partial charge in [-0.1, -0.05) is 0 Å². The van der Waals surface area contributed by atoms with Crippen LogP contribution in [0.2, 0.25) is 0 Å². The summed E-state index contributed by atoms with van der Waals surface area (Å²) >= 11 is 0. The molecule has 25 heavy (non-hydrogen) atoms.